The summed E-state index contributed by atoms with van der Waals surface area (Å²) in [6, 6.07) is 9.09. The van der Waals surface area contributed by atoms with Crippen molar-refractivity contribution in [1.29, 1.82) is 5.26 Å². The fourth-order valence-corrected chi connectivity index (χ4v) is 6.34. The molecule has 1 aromatic carbocycles. The summed E-state index contributed by atoms with van der Waals surface area (Å²) >= 11 is 0. The number of amides is 1. The molecule has 4 heterocycles. The van der Waals surface area contributed by atoms with Gasteiger partial charge in [0.15, 0.2) is 0 Å². The first-order chi connectivity index (χ1) is 20.3. The number of aromatic nitrogens is 5. The number of benzene rings is 1. The van der Waals surface area contributed by atoms with E-state index in [9.17, 15) is 18.8 Å². The van der Waals surface area contributed by atoms with Gasteiger partial charge in [-0.3, -0.25) is 14.4 Å². The van der Waals surface area contributed by atoms with E-state index in [-0.39, 0.29) is 17.5 Å². The Hall–Kier alpha value is -4.21. The normalized spacial score (nSPS) is 21.2. The molecule has 4 aromatic rings. The minimum Gasteiger partial charge on any atom is -0.346 e. The molecule has 0 atom stereocenters. The maximum absolute atomic E-state index is 13.6. The van der Waals surface area contributed by atoms with E-state index in [0.29, 0.717) is 50.3 Å². The number of nitrogens with one attached hydrogen (secondary N) is 1. The predicted octanol–water partition coefficient (Wildman–Crippen LogP) is 4.05. The zero-order valence-electron chi connectivity index (χ0n) is 23.7. The molecule has 3 aromatic heterocycles. The number of carbonyl (C=O) groups is 1. The first-order valence-corrected chi connectivity index (χ1v) is 14.1. The summed E-state index contributed by atoms with van der Waals surface area (Å²) in [5.74, 6) is -0.213. The van der Waals surface area contributed by atoms with Gasteiger partial charge < -0.3 is 14.8 Å². The number of nitrogens with zero attached hydrogens (tertiary/aromatic N) is 8. The van der Waals surface area contributed by atoms with Crippen LogP contribution in [-0.4, -0.2) is 91.7 Å². The van der Waals surface area contributed by atoms with Gasteiger partial charge in [0.2, 0.25) is 0 Å². The molecule has 0 spiro atoms. The molecular weight excluding hydrogens is 540 g/mol. The average molecular weight is 574 g/mol. The van der Waals surface area contributed by atoms with Crippen LogP contribution < -0.4 is 0 Å². The van der Waals surface area contributed by atoms with Gasteiger partial charge in [-0.15, -0.1) is 0 Å². The SMILES string of the molecule is CN(C)Cc1cc(C(=O)N2CCN([C@H]3C[C@@](CC#N)(n4cc(-c5ncnc6[nH]ccc56)cn4)C3)CC2)cc(C(F)F)c1. The number of hydrogen-bond acceptors (Lipinski definition) is 7. The van der Waals surface area contributed by atoms with Crippen LogP contribution in [0.4, 0.5) is 8.78 Å². The average Bonchev–Trinajstić information content (AvgIpc) is 3.64. The number of nitriles is 1. The van der Waals surface area contributed by atoms with Gasteiger partial charge in [-0.2, -0.15) is 10.4 Å². The van der Waals surface area contributed by atoms with Crippen molar-refractivity contribution in [2.24, 2.45) is 0 Å². The lowest BCUT2D eigenvalue weighted by Crippen LogP contribution is -2.60. The van der Waals surface area contributed by atoms with E-state index < -0.39 is 12.0 Å². The van der Waals surface area contributed by atoms with Gasteiger partial charge in [0.1, 0.15) is 12.0 Å². The number of hydrogen-bond donors (Lipinski definition) is 1. The van der Waals surface area contributed by atoms with Gasteiger partial charge in [0, 0.05) is 73.2 Å². The Bertz CT molecular complexity index is 1620. The smallest absolute Gasteiger partial charge is 0.263 e. The summed E-state index contributed by atoms with van der Waals surface area (Å²) in [4.78, 5) is 31.2. The number of H-pyrrole nitrogens is 1. The first kappa shape index (κ1) is 27.9. The third kappa shape index (κ3) is 5.26. The van der Waals surface area contributed by atoms with Crippen molar-refractivity contribution in [1.82, 2.24) is 39.4 Å². The summed E-state index contributed by atoms with van der Waals surface area (Å²) in [6.07, 6.45) is 6.39. The molecule has 1 aliphatic heterocycles. The number of carbonyl (C=O) groups excluding carboxylic acids is 1. The standard InChI is InChI=1S/C30H33F2N9O/c1-38(2)17-20-11-21(27(31)32)13-22(12-20)29(42)40-9-7-39(8-10-40)24-14-30(15-24,4-5-33)41-18-23(16-37-41)26-25-3-6-34-28(25)36-19-35-26/h3,6,11-13,16,18-19,24,27H,4,7-10,14-15,17H2,1-2H3,(H,34,35,36)/t24-,30+. The maximum atomic E-state index is 13.6. The Morgan fingerprint density at radius 3 is 2.69 bits per heavy atom. The number of alkyl halides is 2. The van der Waals surface area contributed by atoms with Crippen molar-refractivity contribution < 1.29 is 13.6 Å². The predicted molar refractivity (Wildman–Crippen MR) is 153 cm³/mol. The maximum Gasteiger partial charge on any atom is 0.263 e. The van der Waals surface area contributed by atoms with Gasteiger partial charge in [-0.1, -0.05) is 0 Å². The lowest BCUT2D eigenvalue weighted by atomic mass is 9.70. The third-order valence-electron chi connectivity index (χ3n) is 8.47. The van der Waals surface area contributed by atoms with Crippen LogP contribution in [0.1, 0.15) is 47.2 Å². The molecule has 12 heteroatoms. The van der Waals surface area contributed by atoms with Crippen LogP contribution in [0.2, 0.25) is 0 Å². The molecule has 2 aliphatic rings. The van der Waals surface area contributed by atoms with Crippen LogP contribution in [0.15, 0.2) is 49.2 Å². The van der Waals surface area contributed by atoms with Gasteiger partial charge in [-0.25, -0.2) is 18.7 Å². The third-order valence-corrected chi connectivity index (χ3v) is 8.47. The Kier molecular flexibility index (Phi) is 7.47. The Balaban J connectivity index is 1.11. The molecule has 0 unspecified atom stereocenters. The monoisotopic (exact) mass is 573 g/mol. The van der Waals surface area contributed by atoms with E-state index in [1.54, 1.807) is 17.2 Å². The van der Waals surface area contributed by atoms with Gasteiger partial charge in [0.25, 0.3) is 12.3 Å². The second kappa shape index (κ2) is 11.2. The zero-order chi connectivity index (χ0) is 29.4. The number of halogens is 2. The van der Waals surface area contributed by atoms with Gasteiger partial charge in [-0.05, 0) is 56.8 Å². The lowest BCUT2D eigenvalue weighted by Gasteiger charge is -2.52. The van der Waals surface area contributed by atoms with Crippen LogP contribution in [-0.2, 0) is 12.1 Å². The molecule has 1 N–H and O–H groups in total. The molecule has 0 radical (unpaired) electrons. The highest BCUT2D eigenvalue weighted by atomic mass is 19.3. The molecule has 1 amide bonds. The van der Waals surface area contributed by atoms with E-state index in [2.05, 4.69) is 31.0 Å². The molecule has 6 rings (SSSR count). The minimum atomic E-state index is -2.63. The number of aromatic amines is 1. The van der Waals surface area contributed by atoms with Crippen molar-refractivity contribution in [2.75, 3.05) is 40.3 Å². The largest absolute Gasteiger partial charge is 0.346 e. The van der Waals surface area contributed by atoms with Crippen molar-refractivity contribution >= 4 is 16.9 Å². The van der Waals surface area contributed by atoms with Gasteiger partial charge >= 0.3 is 0 Å². The van der Waals surface area contributed by atoms with Crippen LogP contribution in [0.25, 0.3) is 22.3 Å². The minimum absolute atomic E-state index is 0.126. The highest BCUT2D eigenvalue weighted by molar-refractivity contribution is 5.94. The summed E-state index contributed by atoms with van der Waals surface area (Å²) in [6.45, 7) is 2.90. The Morgan fingerprint density at radius 1 is 1.19 bits per heavy atom. The fraction of sp³-hybridized carbons (Fsp3) is 0.433. The van der Waals surface area contributed by atoms with Crippen molar-refractivity contribution in [2.45, 2.75) is 43.8 Å². The van der Waals surface area contributed by atoms with E-state index in [1.807, 2.05) is 42.1 Å². The number of piperazine rings is 1. The van der Waals surface area contributed by atoms with E-state index in [1.165, 1.54) is 18.5 Å². The Morgan fingerprint density at radius 2 is 1.98 bits per heavy atom. The molecule has 0 bridgehead atoms. The molecule has 10 nitrogen and oxygen atoms in total. The highest BCUT2D eigenvalue weighted by Gasteiger charge is 2.49. The van der Waals surface area contributed by atoms with Crippen LogP contribution in [0, 0.1) is 11.3 Å². The van der Waals surface area contributed by atoms with Crippen LogP contribution in [0.3, 0.4) is 0 Å². The van der Waals surface area contributed by atoms with Crippen molar-refractivity contribution in [3.63, 3.8) is 0 Å². The van der Waals surface area contributed by atoms with E-state index in [4.69, 9.17) is 0 Å². The fourth-order valence-electron chi connectivity index (χ4n) is 6.34. The number of rotatable bonds is 8. The van der Waals surface area contributed by atoms with Crippen molar-refractivity contribution in [3.05, 3.63) is 65.9 Å². The second-order valence-corrected chi connectivity index (χ2v) is 11.6. The molecule has 1 saturated carbocycles. The lowest BCUT2D eigenvalue weighted by molar-refractivity contribution is -0.0158. The zero-order valence-corrected chi connectivity index (χ0v) is 23.7. The molecule has 2 fully saturated rings. The molecular formula is C30H33F2N9O. The van der Waals surface area contributed by atoms with Crippen LogP contribution in [0.5, 0.6) is 0 Å². The second-order valence-electron chi connectivity index (χ2n) is 11.6. The van der Waals surface area contributed by atoms with Crippen LogP contribution >= 0.6 is 0 Å². The molecule has 218 valence electrons. The highest BCUT2D eigenvalue weighted by Crippen LogP contribution is 2.45. The van der Waals surface area contributed by atoms with E-state index >= 15 is 0 Å². The summed E-state index contributed by atoms with van der Waals surface area (Å²) < 4.78 is 29.0. The summed E-state index contributed by atoms with van der Waals surface area (Å²) in [5, 5.41) is 15.2. The quantitative estimate of drug-likeness (QED) is 0.339. The first-order valence-electron chi connectivity index (χ1n) is 14.1. The molecule has 42 heavy (non-hydrogen) atoms. The topological polar surface area (TPSA) is 110 Å². The molecule has 1 saturated heterocycles. The summed E-state index contributed by atoms with van der Waals surface area (Å²) in [7, 11) is 3.73. The molecule has 1 aliphatic carbocycles. The van der Waals surface area contributed by atoms with Gasteiger partial charge in [0.05, 0.1) is 29.9 Å². The summed E-state index contributed by atoms with van der Waals surface area (Å²) in [5.41, 5.74) is 2.92. The van der Waals surface area contributed by atoms with Crippen molar-refractivity contribution in [3.8, 4) is 17.3 Å². The van der Waals surface area contributed by atoms with E-state index in [0.717, 1.165) is 35.1 Å². The number of fused-ring (bicyclic) bond motifs is 1. The Labute approximate surface area is 242 Å².